The fourth-order valence-electron chi connectivity index (χ4n) is 6.38. The van der Waals surface area contributed by atoms with Gasteiger partial charge in [-0.1, -0.05) is 60.7 Å². The van der Waals surface area contributed by atoms with Crippen LogP contribution in [0.15, 0.2) is 91.1 Å². The molecule has 2 fully saturated rings. The fourth-order valence-corrected chi connectivity index (χ4v) is 6.38. The lowest BCUT2D eigenvalue weighted by Gasteiger charge is -2.50. The van der Waals surface area contributed by atoms with Crippen molar-refractivity contribution in [3.63, 3.8) is 0 Å². The van der Waals surface area contributed by atoms with E-state index in [-0.39, 0.29) is 5.69 Å². The Morgan fingerprint density at radius 3 is 2.41 bits per heavy atom. The molecule has 1 aliphatic carbocycles. The predicted molar refractivity (Wildman–Crippen MR) is 163 cm³/mol. The number of ether oxygens (including phenoxy) is 3. The van der Waals surface area contributed by atoms with Gasteiger partial charge in [-0.25, -0.2) is 14.8 Å². The van der Waals surface area contributed by atoms with Crippen molar-refractivity contribution >= 4 is 22.5 Å². The molecule has 2 N–H and O–H groups in total. The summed E-state index contributed by atoms with van der Waals surface area (Å²) in [4.78, 5) is 21.7. The number of aromatic nitrogens is 5. The van der Waals surface area contributed by atoms with Gasteiger partial charge in [0.15, 0.2) is 17.3 Å². The lowest BCUT2D eigenvalue weighted by molar-refractivity contribution is -0.239. The summed E-state index contributed by atoms with van der Waals surface area (Å²) < 4.78 is 18.3. The van der Waals surface area contributed by atoms with Gasteiger partial charge in [0.25, 0.3) is 0 Å². The van der Waals surface area contributed by atoms with Gasteiger partial charge in [-0.3, -0.25) is 4.40 Å². The van der Waals surface area contributed by atoms with Gasteiger partial charge in [0.05, 0.1) is 37.1 Å². The molecule has 0 amide bonds. The van der Waals surface area contributed by atoms with Gasteiger partial charge in [-0.15, -0.1) is 10.2 Å². The summed E-state index contributed by atoms with van der Waals surface area (Å²) in [6.07, 6.45) is 3.16. The van der Waals surface area contributed by atoms with Crippen LogP contribution in [0.5, 0.6) is 0 Å². The lowest BCUT2D eigenvalue weighted by atomic mass is 9.68. The Bertz CT molecular complexity index is 2040. The second-order valence-corrected chi connectivity index (χ2v) is 11.3. The van der Waals surface area contributed by atoms with Crippen LogP contribution in [0.25, 0.3) is 50.5 Å². The Labute approximate surface area is 252 Å². The molecule has 10 nitrogen and oxygen atoms in total. The number of rotatable bonds is 5. The van der Waals surface area contributed by atoms with Crippen LogP contribution in [-0.2, 0) is 19.7 Å². The second-order valence-electron chi connectivity index (χ2n) is 11.3. The third-order valence-corrected chi connectivity index (χ3v) is 8.54. The maximum atomic E-state index is 12.1. The summed E-state index contributed by atoms with van der Waals surface area (Å²) in [5, 5.41) is 9.80. The number of benzene rings is 2. The van der Waals surface area contributed by atoms with E-state index in [9.17, 15) is 4.79 Å². The number of nitrogens with zero attached hydrogens (tertiary/aromatic N) is 5. The molecule has 0 unspecified atom stereocenters. The van der Waals surface area contributed by atoms with E-state index in [1.54, 1.807) is 18.2 Å². The van der Waals surface area contributed by atoms with Crippen LogP contribution >= 0.6 is 0 Å². The fraction of sp³-hybridized carbons (Fsp3) is 0.206. The van der Waals surface area contributed by atoms with E-state index < -0.39 is 17.3 Å². The molecule has 5 heterocycles. The van der Waals surface area contributed by atoms with Crippen LogP contribution in [0.3, 0.4) is 0 Å². The maximum absolute atomic E-state index is 12.1. The van der Waals surface area contributed by atoms with Gasteiger partial charge in [-0.05, 0) is 35.4 Å². The highest BCUT2D eigenvalue weighted by Gasteiger charge is 2.57. The number of hydrogen-bond acceptors (Lipinski definition) is 9. The van der Waals surface area contributed by atoms with E-state index in [0.29, 0.717) is 43.2 Å². The molecule has 4 aromatic heterocycles. The molecule has 2 aromatic carbocycles. The normalized spacial score (nSPS) is 16.8. The molecule has 0 atom stereocenters. The Hall–Kier alpha value is -5.03. The molecule has 1 saturated heterocycles. The van der Waals surface area contributed by atoms with Gasteiger partial charge in [0.2, 0.25) is 0 Å². The zero-order chi connectivity index (χ0) is 29.9. The number of pyridine rings is 3. The van der Waals surface area contributed by atoms with Crippen LogP contribution in [0, 0.1) is 0 Å². The van der Waals surface area contributed by atoms with E-state index in [1.165, 1.54) is 7.11 Å². The van der Waals surface area contributed by atoms with Crippen molar-refractivity contribution in [2.24, 2.45) is 5.73 Å². The maximum Gasteiger partial charge on any atom is 0.356 e. The molecule has 1 aliphatic heterocycles. The van der Waals surface area contributed by atoms with Crippen LogP contribution in [0.4, 0.5) is 0 Å². The molecular weight excluding hydrogens is 556 g/mol. The number of fused-ring (bicyclic) bond motifs is 3. The minimum Gasteiger partial charge on any atom is -0.464 e. The standard InChI is InChI=1S/C34H28N6O4/c1-42-32(41)28-9-5-8-27(36-28)31-39-38-30-25-18-24(21-6-3-2-4-7-21)29(37-26(25)14-15-40(30)31)22-10-12-23(13-11-22)33(35)19-34(20-33)43-16-17-44-34/h2-15,18H,16-17,19-20,35H2,1H3. The zero-order valence-corrected chi connectivity index (χ0v) is 23.9. The van der Waals surface area contributed by atoms with Crippen LogP contribution in [0.2, 0.25) is 0 Å². The second kappa shape index (κ2) is 10.0. The molecule has 2 aliphatic rings. The minimum atomic E-state index is -0.527. The van der Waals surface area contributed by atoms with Crippen LogP contribution in [0.1, 0.15) is 28.9 Å². The number of esters is 1. The highest BCUT2D eigenvalue weighted by Crippen LogP contribution is 2.51. The van der Waals surface area contributed by atoms with Crippen molar-refractivity contribution in [1.29, 1.82) is 0 Å². The average Bonchev–Trinajstić information content (AvgIpc) is 3.72. The number of nitrogens with two attached hydrogens (primary N) is 1. The highest BCUT2D eigenvalue weighted by atomic mass is 16.7. The van der Waals surface area contributed by atoms with Gasteiger partial charge >= 0.3 is 5.97 Å². The molecule has 0 radical (unpaired) electrons. The third-order valence-electron chi connectivity index (χ3n) is 8.54. The number of hydrogen-bond donors (Lipinski definition) is 1. The number of carbonyl (C=O) groups excluding carboxylic acids is 1. The van der Waals surface area contributed by atoms with E-state index >= 15 is 0 Å². The van der Waals surface area contributed by atoms with Gasteiger partial charge in [0, 0.05) is 35.6 Å². The van der Waals surface area contributed by atoms with Gasteiger partial charge in [-0.2, -0.15) is 0 Å². The summed E-state index contributed by atoms with van der Waals surface area (Å²) in [6.45, 7) is 1.24. The summed E-state index contributed by atoms with van der Waals surface area (Å²) in [5.74, 6) is -0.532. The zero-order valence-electron chi connectivity index (χ0n) is 23.9. The number of methoxy groups -OCH3 is 1. The largest absolute Gasteiger partial charge is 0.464 e. The quantitative estimate of drug-likeness (QED) is 0.274. The smallest absolute Gasteiger partial charge is 0.356 e. The molecule has 44 heavy (non-hydrogen) atoms. The molecule has 218 valence electrons. The first kappa shape index (κ1) is 26.6. The van der Waals surface area contributed by atoms with Gasteiger partial charge in [0.1, 0.15) is 11.4 Å². The van der Waals surface area contributed by atoms with Crippen molar-refractivity contribution < 1.29 is 19.0 Å². The third kappa shape index (κ3) is 4.26. The molecule has 1 spiro atoms. The van der Waals surface area contributed by atoms with Crippen molar-refractivity contribution in [1.82, 2.24) is 24.6 Å². The molecule has 6 aromatic rings. The predicted octanol–water partition coefficient (Wildman–Crippen LogP) is 5.15. The minimum absolute atomic E-state index is 0.198. The topological polar surface area (TPSA) is 127 Å². The Balaban J connectivity index is 1.22. The summed E-state index contributed by atoms with van der Waals surface area (Å²) in [7, 11) is 1.33. The summed E-state index contributed by atoms with van der Waals surface area (Å²) in [6, 6.07) is 27.7. The lowest BCUT2D eigenvalue weighted by Crippen LogP contribution is -2.60. The Kier molecular flexibility index (Phi) is 6.05. The van der Waals surface area contributed by atoms with Crippen molar-refractivity contribution in [3.05, 3.63) is 102 Å². The number of carbonyl (C=O) groups is 1. The Morgan fingerprint density at radius 1 is 0.886 bits per heavy atom. The first-order chi connectivity index (χ1) is 21.5. The van der Waals surface area contributed by atoms with Gasteiger partial charge < -0.3 is 19.9 Å². The van der Waals surface area contributed by atoms with E-state index in [0.717, 1.165) is 38.9 Å². The van der Waals surface area contributed by atoms with Crippen LogP contribution in [-0.4, -0.2) is 56.6 Å². The van der Waals surface area contributed by atoms with E-state index in [2.05, 4.69) is 57.6 Å². The van der Waals surface area contributed by atoms with Crippen LogP contribution < -0.4 is 5.73 Å². The van der Waals surface area contributed by atoms with Crippen molar-refractivity contribution in [2.45, 2.75) is 24.2 Å². The van der Waals surface area contributed by atoms with Crippen molar-refractivity contribution in [3.8, 4) is 33.9 Å². The molecule has 10 heteroatoms. The molecular formula is C34H28N6O4. The van der Waals surface area contributed by atoms with E-state index in [1.807, 2.05) is 34.9 Å². The summed E-state index contributed by atoms with van der Waals surface area (Å²) >= 11 is 0. The first-order valence-corrected chi connectivity index (χ1v) is 14.4. The summed E-state index contributed by atoms with van der Waals surface area (Å²) in [5.41, 5.74) is 13.3. The molecule has 1 saturated carbocycles. The average molecular weight is 585 g/mol. The SMILES string of the molecule is COC(=O)c1cccc(-c2nnc3c4cc(-c5ccccc5)c(-c5ccc(C6(N)CC7(C6)OCCO7)cc5)nc4ccn23)n1. The first-order valence-electron chi connectivity index (χ1n) is 14.4. The Morgan fingerprint density at radius 2 is 1.66 bits per heavy atom. The molecule has 0 bridgehead atoms. The highest BCUT2D eigenvalue weighted by molar-refractivity contribution is 5.98. The van der Waals surface area contributed by atoms with Crippen molar-refractivity contribution in [2.75, 3.05) is 20.3 Å². The molecule has 8 rings (SSSR count). The monoisotopic (exact) mass is 584 g/mol. The van der Waals surface area contributed by atoms with E-state index in [4.69, 9.17) is 24.9 Å².